The first kappa shape index (κ1) is 22.2. The molecule has 0 atom stereocenters. The summed E-state index contributed by atoms with van der Waals surface area (Å²) in [7, 11) is 0. The number of unbranched alkanes of at least 4 members (excludes halogenated alkanes) is 1. The van der Waals surface area contributed by atoms with Crippen molar-refractivity contribution in [3.8, 4) is 0 Å². The van der Waals surface area contributed by atoms with E-state index in [4.69, 9.17) is 5.73 Å². The van der Waals surface area contributed by atoms with E-state index in [1.54, 1.807) is 0 Å². The van der Waals surface area contributed by atoms with E-state index < -0.39 is 11.2 Å². The fourth-order valence-electron chi connectivity index (χ4n) is 3.47. The number of benzene rings is 1. The summed E-state index contributed by atoms with van der Waals surface area (Å²) in [6.45, 7) is 4.48. The van der Waals surface area contributed by atoms with Gasteiger partial charge < -0.3 is 5.73 Å². The molecule has 1 aliphatic heterocycles. The molecule has 1 aliphatic rings. The lowest BCUT2D eigenvalue weighted by molar-refractivity contribution is -0.119. The second-order valence-corrected chi connectivity index (χ2v) is 8.58. The van der Waals surface area contributed by atoms with Crippen molar-refractivity contribution in [2.75, 3.05) is 41.8 Å². The smallest absolute Gasteiger partial charge is 0.330 e. The van der Waals surface area contributed by atoms with Gasteiger partial charge in [0.15, 0.2) is 5.69 Å². The van der Waals surface area contributed by atoms with Crippen LogP contribution in [0.3, 0.4) is 0 Å². The number of anilines is 2. The third-order valence-corrected chi connectivity index (χ3v) is 6.11. The van der Waals surface area contributed by atoms with Crippen molar-refractivity contribution in [1.29, 1.82) is 0 Å². The number of H-pyrrole nitrogens is 1. The Hall–Kier alpha value is -2.52. The highest BCUT2D eigenvalue weighted by Crippen LogP contribution is 2.21. The number of amides is 1. The van der Waals surface area contributed by atoms with Crippen molar-refractivity contribution in [2.45, 2.75) is 32.9 Å². The lowest BCUT2D eigenvalue weighted by Gasteiger charge is -2.30. The summed E-state index contributed by atoms with van der Waals surface area (Å²) in [6, 6.07) is 9.46. The molecular weight excluding hydrogens is 402 g/mol. The Morgan fingerprint density at radius 2 is 1.90 bits per heavy atom. The van der Waals surface area contributed by atoms with Gasteiger partial charge in [0.1, 0.15) is 5.82 Å². The predicted molar refractivity (Wildman–Crippen MR) is 122 cm³/mol. The van der Waals surface area contributed by atoms with Crippen molar-refractivity contribution in [2.24, 2.45) is 0 Å². The van der Waals surface area contributed by atoms with Crippen LogP contribution in [0.15, 0.2) is 39.9 Å². The molecule has 0 unspecified atom stereocenters. The van der Waals surface area contributed by atoms with Crippen LogP contribution in [-0.2, 0) is 17.9 Å². The SMILES string of the molecule is CCCCn1c(N)c(N(Cc2ccccc2)C(=O)CN2CCSCC2)c(=O)[nH]c1=O. The maximum absolute atomic E-state index is 13.3. The van der Waals surface area contributed by atoms with Crippen molar-refractivity contribution in [3.05, 3.63) is 56.7 Å². The summed E-state index contributed by atoms with van der Waals surface area (Å²) >= 11 is 1.87. The molecule has 3 rings (SSSR count). The number of rotatable bonds is 8. The molecule has 9 heteroatoms. The van der Waals surface area contributed by atoms with E-state index in [2.05, 4.69) is 9.88 Å². The van der Waals surface area contributed by atoms with Crippen LogP contribution in [0.1, 0.15) is 25.3 Å². The first-order chi connectivity index (χ1) is 14.5. The fraction of sp³-hybridized carbons (Fsp3) is 0.476. The van der Waals surface area contributed by atoms with Gasteiger partial charge in [0.25, 0.3) is 5.56 Å². The molecule has 1 amide bonds. The predicted octanol–water partition coefficient (Wildman–Crippen LogP) is 1.50. The van der Waals surface area contributed by atoms with Crippen molar-refractivity contribution >= 4 is 29.2 Å². The number of carbonyl (C=O) groups is 1. The zero-order valence-electron chi connectivity index (χ0n) is 17.3. The van der Waals surface area contributed by atoms with Gasteiger partial charge in [-0.05, 0) is 12.0 Å². The molecule has 8 nitrogen and oxygen atoms in total. The topological polar surface area (TPSA) is 104 Å². The van der Waals surface area contributed by atoms with Gasteiger partial charge in [-0.25, -0.2) is 4.79 Å². The number of nitrogens with zero attached hydrogens (tertiary/aromatic N) is 3. The molecule has 162 valence electrons. The van der Waals surface area contributed by atoms with Gasteiger partial charge in [0.05, 0.1) is 13.1 Å². The highest BCUT2D eigenvalue weighted by atomic mass is 32.2. The first-order valence-electron chi connectivity index (χ1n) is 10.3. The van der Waals surface area contributed by atoms with Gasteiger partial charge in [-0.2, -0.15) is 11.8 Å². The van der Waals surface area contributed by atoms with E-state index in [0.717, 1.165) is 43.0 Å². The van der Waals surface area contributed by atoms with Crippen LogP contribution in [0.2, 0.25) is 0 Å². The summed E-state index contributed by atoms with van der Waals surface area (Å²) in [6.07, 6.45) is 1.62. The van der Waals surface area contributed by atoms with Gasteiger partial charge in [-0.15, -0.1) is 0 Å². The maximum Gasteiger partial charge on any atom is 0.330 e. The highest BCUT2D eigenvalue weighted by molar-refractivity contribution is 7.99. The zero-order valence-corrected chi connectivity index (χ0v) is 18.1. The molecule has 0 radical (unpaired) electrons. The van der Waals surface area contributed by atoms with Crippen LogP contribution >= 0.6 is 11.8 Å². The maximum atomic E-state index is 13.3. The minimum absolute atomic E-state index is 0.0377. The van der Waals surface area contributed by atoms with Crippen LogP contribution in [-0.4, -0.2) is 51.5 Å². The van der Waals surface area contributed by atoms with E-state index in [9.17, 15) is 14.4 Å². The Labute approximate surface area is 180 Å². The molecule has 0 saturated carbocycles. The van der Waals surface area contributed by atoms with Crippen LogP contribution in [0.4, 0.5) is 11.5 Å². The Morgan fingerprint density at radius 3 is 2.57 bits per heavy atom. The van der Waals surface area contributed by atoms with E-state index in [0.29, 0.717) is 6.54 Å². The van der Waals surface area contributed by atoms with Gasteiger partial charge in [0.2, 0.25) is 5.91 Å². The third-order valence-electron chi connectivity index (χ3n) is 5.17. The van der Waals surface area contributed by atoms with Crippen molar-refractivity contribution < 1.29 is 4.79 Å². The minimum Gasteiger partial charge on any atom is -0.383 e. The number of aromatic amines is 1. The van der Waals surface area contributed by atoms with Crippen LogP contribution < -0.4 is 21.9 Å². The summed E-state index contributed by atoms with van der Waals surface area (Å²) in [5.74, 6) is 1.80. The second kappa shape index (κ2) is 10.5. The molecular formula is C21H29N5O3S. The molecule has 0 spiro atoms. The standard InChI is InChI=1S/C21H29N5O3S/c1-2-3-9-25-19(22)18(20(28)23-21(25)29)26(14-16-7-5-4-6-8-16)17(27)15-24-10-12-30-13-11-24/h4-8H,2-3,9-15,22H2,1H3,(H,23,28,29). The van der Waals surface area contributed by atoms with Gasteiger partial charge in [0, 0.05) is 31.1 Å². The highest BCUT2D eigenvalue weighted by Gasteiger charge is 2.26. The lowest BCUT2D eigenvalue weighted by Crippen LogP contribution is -2.46. The van der Waals surface area contributed by atoms with E-state index in [1.165, 1.54) is 9.47 Å². The van der Waals surface area contributed by atoms with Crippen molar-refractivity contribution in [1.82, 2.24) is 14.5 Å². The Bertz CT molecular complexity index is 967. The number of hydrogen-bond acceptors (Lipinski definition) is 6. The normalized spacial score (nSPS) is 14.6. The number of thioether (sulfide) groups is 1. The molecule has 2 heterocycles. The van der Waals surface area contributed by atoms with Gasteiger partial charge in [-0.3, -0.25) is 28.9 Å². The summed E-state index contributed by atoms with van der Waals surface area (Å²) in [5.41, 5.74) is 6.03. The Balaban J connectivity index is 1.99. The van der Waals surface area contributed by atoms with E-state index >= 15 is 0 Å². The number of nitrogen functional groups attached to an aromatic ring is 1. The molecule has 1 saturated heterocycles. The number of hydrogen-bond donors (Lipinski definition) is 2. The van der Waals surface area contributed by atoms with Crippen LogP contribution in [0.25, 0.3) is 0 Å². The molecule has 30 heavy (non-hydrogen) atoms. The lowest BCUT2D eigenvalue weighted by atomic mass is 10.2. The third kappa shape index (κ3) is 5.34. The molecule has 2 aromatic rings. The minimum atomic E-state index is -0.635. The molecule has 1 aromatic heterocycles. The molecule has 0 bridgehead atoms. The van der Waals surface area contributed by atoms with Crippen LogP contribution in [0.5, 0.6) is 0 Å². The average Bonchev–Trinajstić information content (AvgIpc) is 2.74. The monoisotopic (exact) mass is 431 g/mol. The summed E-state index contributed by atoms with van der Waals surface area (Å²) in [5, 5.41) is 0. The van der Waals surface area contributed by atoms with Crippen molar-refractivity contribution in [3.63, 3.8) is 0 Å². The van der Waals surface area contributed by atoms with E-state index in [1.807, 2.05) is 49.0 Å². The number of nitrogens with one attached hydrogen (secondary N) is 1. The number of aromatic nitrogens is 2. The number of carbonyl (C=O) groups excluding carboxylic acids is 1. The first-order valence-corrected chi connectivity index (χ1v) is 11.4. The van der Waals surface area contributed by atoms with Crippen LogP contribution in [0, 0.1) is 0 Å². The Kier molecular flexibility index (Phi) is 7.75. The average molecular weight is 432 g/mol. The van der Waals surface area contributed by atoms with Gasteiger partial charge in [-0.1, -0.05) is 43.7 Å². The molecule has 1 aromatic carbocycles. The largest absolute Gasteiger partial charge is 0.383 e. The summed E-state index contributed by atoms with van der Waals surface area (Å²) in [4.78, 5) is 44.2. The van der Waals surface area contributed by atoms with Gasteiger partial charge >= 0.3 is 5.69 Å². The fourth-order valence-corrected chi connectivity index (χ4v) is 4.45. The summed E-state index contributed by atoms with van der Waals surface area (Å²) < 4.78 is 1.35. The molecule has 0 aliphatic carbocycles. The zero-order chi connectivity index (χ0) is 21.5. The Morgan fingerprint density at radius 1 is 1.20 bits per heavy atom. The number of nitrogens with two attached hydrogens (primary N) is 1. The second-order valence-electron chi connectivity index (χ2n) is 7.35. The molecule has 1 fully saturated rings. The quantitative estimate of drug-likeness (QED) is 0.656. The molecule has 3 N–H and O–H groups in total. The van der Waals surface area contributed by atoms with E-state index in [-0.39, 0.29) is 30.5 Å².